The third kappa shape index (κ3) is 2.70. The number of hydrogen-bond acceptors (Lipinski definition) is 2. The van der Waals surface area contributed by atoms with Gasteiger partial charge in [0, 0.05) is 5.56 Å². The first-order valence-corrected chi connectivity index (χ1v) is 5.53. The fourth-order valence-electron chi connectivity index (χ4n) is 1.63. The molecule has 0 spiro atoms. The maximum absolute atomic E-state index is 12.1. The quantitative estimate of drug-likeness (QED) is 0.778. The van der Waals surface area contributed by atoms with Crippen molar-refractivity contribution in [1.82, 2.24) is 0 Å². The summed E-state index contributed by atoms with van der Waals surface area (Å²) >= 11 is 0. The summed E-state index contributed by atoms with van der Waals surface area (Å²) < 4.78 is 0. The molecule has 0 amide bonds. The van der Waals surface area contributed by atoms with E-state index in [4.69, 9.17) is 0 Å². The van der Waals surface area contributed by atoms with E-state index >= 15 is 0 Å². The van der Waals surface area contributed by atoms with Gasteiger partial charge in [-0.1, -0.05) is 44.5 Å². The van der Waals surface area contributed by atoms with Crippen LogP contribution in [0.2, 0.25) is 0 Å². The first kappa shape index (κ1) is 12.9. The largest absolute Gasteiger partial charge is 0.384 e. The number of benzene rings is 1. The highest BCUT2D eigenvalue weighted by atomic mass is 16.3. The van der Waals surface area contributed by atoms with Crippen molar-refractivity contribution in [3.8, 4) is 0 Å². The summed E-state index contributed by atoms with van der Waals surface area (Å²) in [5, 5.41) is 9.95. The zero-order chi connectivity index (χ0) is 12.5. The molecule has 0 fully saturated rings. The van der Waals surface area contributed by atoms with E-state index in [0.29, 0.717) is 5.56 Å². The average molecular weight is 220 g/mol. The lowest BCUT2D eigenvalue weighted by atomic mass is 9.83. The predicted octanol–water partition coefficient (Wildman–Crippen LogP) is 2.89. The Balaban J connectivity index is 3.06. The van der Waals surface area contributed by atoms with Crippen molar-refractivity contribution < 1.29 is 9.90 Å². The van der Waals surface area contributed by atoms with E-state index in [2.05, 4.69) is 0 Å². The van der Waals surface area contributed by atoms with Gasteiger partial charge in [0.1, 0.15) is 6.10 Å². The van der Waals surface area contributed by atoms with E-state index in [1.165, 1.54) is 0 Å². The van der Waals surface area contributed by atoms with E-state index in [-0.39, 0.29) is 5.78 Å². The molecule has 0 saturated carbocycles. The highest BCUT2D eigenvalue weighted by Gasteiger charge is 2.30. The van der Waals surface area contributed by atoms with Crippen molar-refractivity contribution in [3.05, 3.63) is 34.9 Å². The van der Waals surface area contributed by atoms with Gasteiger partial charge in [-0.15, -0.1) is 0 Å². The second-order valence-corrected chi connectivity index (χ2v) is 5.45. The molecule has 1 unspecified atom stereocenters. The second-order valence-electron chi connectivity index (χ2n) is 5.45. The molecule has 0 saturated heterocycles. The Morgan fingerprint density at radius 3 is 2.25 bits per heavy atom. The molecule has 1 atom stereocenters. The third-order valence-corrected chi connectivity index (χ3v) is 2.72. The molecule has 1 N–H and O–H groups in total. The molecule has 0 heterocycles. The molecule has 1 aromatic rings. The fourth-order valence-corrected chi connectivity index (χ4v) is 1.63. The molecular weight excluding hydrogens is 200 g/mol. The Morgan fingerprint density at radius 2 is 1.81 bits per heavy atom. The van der Waals surface area contributed by atoms with Gasteiger partial charge >= 0.3 is 0 Å². The summed E-state index contributed by atoms with van der Waals surface area (Å²) in [5.41, 5.74) is 2.25. The van der Waals surface area contributed by atoms with Crippen LogP contribution in [0.1, 0.15) is 42.3 Å². The molecule has 1 aromatic carbocycles. The van der Waals surface area contributed by atoms with Gasteiger partial charge in [-0.25, -0.2) is 0 Å². The second kappa shape index (κ2) is 4.38. The van der Waals surface area contributed by atoms with Crippen LogP contribution in [0.5, 0.6) is 0 Å². The van der Waals surface area contributed by atoms with Crippen LogP contribution in [0.3, 0.4) is 0 Å². The number of aliphatic hydroxyl groups excluding tert-OH is 1. The van der Waals surface area contributed by atoms with E-state index in [1.807, 2.05) is 46.8 Å². The third-order valence-electron chi connectivity index (χ3n) is 2.72. The van der Waals surface area contributed by atoms with Gasteiger partial charge < -0.3 is 5.11 Å². The van der Waals surface area contributed by atoms with Gasteiger partial charge in [-0.3, -0.25) is 4.79 Å². The molecule has 0 radical (unpaired) electrons. The molecule has 0 aromatic heterocycles. The number of aliphatic hydroxyl groups is 1. The van der Waals surface area contributed by atoms with Gasteiger partial charge in [0.25, 0.3) is 0 Å². The standard InChI is InChI=1S/C14H20O2/c1-9-6-7-11(10(2)8-9)12(15)13(16)14(3,4)5/h6-8,13,16H,1-5H3. The lowest BCUT2D eigenvalue weighted by Gasteiger charge is -2.25. The Morgan fingerprint density at radius 1 is 1.25 bits per heavy atom. The Kier molecular flexibility index (Phi) is 3.54. The molecule has 88 valence electrons. The maximum atomic E-state index is 12.1. The normalized spacial score (nSPS) is 13.6. The minimum atomic E-state index is -0.950. The summed E-state index contributed by atoms with van der Waals surface area (Å²) in [6.45, 7) is 9.47. The van der Waals surface area contributed by atoms with Gasteiger partial charge in [0.2, 0.25) is 0 Å². The number of carbonyl (C=O) groups excluding carboxylic acids is 1. The molecule has 0 aliphatic rings. The zero-order valence-electron chi connectivity index (χ0n) is 10.7. The van der Waals surface area contributed by atoms with Crippen LogP contribution in [0.25, 0.3) is 0 Å². The van der Waals surface area contributed by atoms with E-state index in [9.17, 15) is 9.90 Å². The summed E-state index contributed by atoms with van der Waals surface area (Å²) in [7, 11) is 0. The monoisotopic (exact) mass is 220 g/mol. The predicted molar refractivity (Wildman–Crippen MR) is 65.7 cm³/mol. The van der Waals surface area contributed by atoms with E-state index < -0.39 is 11.5 Å². The Hall–Kier alpha value is -1.15. The van der Waals surface area contributed by atoms with Crippen LogP contribution in [0, 0.1) is 19.3 Å². The van der Waals surface area contributed by atoms with Crippen molar-refractivity contribution in [3.63, 3.8) is 0 Å². The first-order valence-electron chi connectivity index (χ1n) is 5.53. The summed E-state index contributed by atoms with van der Waals surface area (Å²) in [6, 6.07) is 5.65. The van der Waals surface area contributed by atoms with Crippen LogP contribution in [0.15, 0.2) is 18.2 Å². The summed E-state index contributed by atoms with van der Waals surface area (Å²) in [5.74, 6) is -0.190. The fraction of sp³-hybridized carbons (Fsp3) is 0.500. The van der Waals surface area contributed by atoms with Crippen molar-refractivity contribution in [2.45, 2.75) is 40.7 Å². The highest BCUT2D eigenvalue weighted by molar-refractivity contribution is 6.01. The minimum Gasteiger partial charge on any atom is -0.384 e. The van der Waals surface area contributed by atoms with Crippen LogP contribution in [0.4, 0.5) is 0 Å². The van der Waals surface area contributed by atoms with Crippen LogP contribution >= 0.6 is 0 Å². The van der Waals surface area contributed by atoms with E-state index in [1.54, 1.807) is 6.07 Å². The number of ketones is 1. The molecular formula is C14H20O2. The van der Waals surface area contributed by atoms with Crippen LogP contribution in [-0.4, -0.2) is 17.0 Å². The summed E-state index contributed by atoms with van der Waals surface area (Å²) in [4.78, 5) is 12.1. The highest BCUT2D eigenvalue weighted by Crippen LogP contribution is 2.24. The Bertz CT molecular complexity index is 400. The van der Waals surface area contributed by atoms with Crippen molar-refractivity contribution in [2.75, 3.05) is 0 Å². The van der Waals surface area contributed by atoms with Crippen molar-refractivity contribution in [1.29, 1.82) is 0 Å². The van der Waals surface area contributed by atoms with Crippen LogP contribution < -0.4 is 0 Å². The molecule has 16 heavy (non-hydrogen) atoms. The molecule has 0 bridgehead atoms. The maximum Gasteiger partial charge on any atom is 0.192 e. The smallest absolute Gasteiger partial charge is 0.192 e. The number of aryl methyl sites for hydroxylation is 2. The molecule has 2 heteroatoms. The molecule has 2 nitrogen and oxygen atoms in total. The number of rotatable bonds is 2. The summed E-state index contributed by atoms with van der Waals surface area (Å²) in [6.07, 6.45) is -0.950. The SMILES string of the molecule is Cc1ccc(C(=O)C(O)C(C)(C)C)c(C)c1. The lowest BCUT2D eigenvalue weighted by Crippen LogP contribution is -2.34. The minimum absolute atomic E-state index is 0.190. The first-order chi connectivity index (χ1) is 7.23. The molecule has 0 aliphatic heterocycles. The van der Waals surface area contributed by atoms with Gasteiger partial charge in [-0.2, -0.15) is 0 Å². The van der Waals surface area contributed by atoms with Gasteiger partial charge in [0.05, 0.1) is 0 Å². The van der Waals surface area contributed by atoms with Crippen molar-refractivity contribution >= 4 is 5.78 Å². The van der Waals surface area contributed by atoms with Gasteiger partial charge in [-0.05, 0) is 24.8 Å². The number of carbonyl (C=O) groups is 1. The molecule has 1 rings (SSSR count). The number of hydrogen-bond donors (Lipinski definition) is 1. The van der Waals surface area contributed by atoms with Gasteiger partial charge in [0.15, 0.2) is 5.78 Å². The van der Waals surface area contributed by atoms with Crippen molar-refractivity contribution in [2.24, 2.45) is 5.41 Å². The Labute approximate surface area is 97.3 Å². The average Bonchev–Trinajstić information content (AvgIpc) is 2.14. The lowest BCUT2D eigenvalue weighted by molar-refractivity contribution is 0.0442. The van der Waals surface area contributed by atoms with E-state index in [0.717, 1.165) is 11.1 Å². The van der Waals surface area contributed by atoms with Crippen LogP contribution in [-0.2, 0) is 0 Å². The topological polar surface area (TPSA) is 37.3 Å². The molecule has 0 aliphatic carbocycles. The number of Topliss-reactive ketones (excluding diaryl/α,β-unsaturated/α-hetero) is 1. The zero-order valence-corrected chi connectivity index (χ0v) is 10.7.